The fraction of sp³-hybridized carbons (Fsp3) is 0.333. The summed E-state index contributed by atoms with van der Waals surface area (Å²) in [6, 6.07) is 14.4. The molecule has 0 radical (unpaired) electrons. The van der Waals surface area contributed by atoms with E-state index in [2.05, 4.69) is 0 Å². The predicted molar refractivity (Wildman–Crippen MR) is 105 cm³/mol. The molecule has 2 aromatic rings. The maximum Gasteiger partial charge on any atom is 0.227 e. The van der Waals surface area contributed by atoms with Gasteiger partial charge in [0.2, 0.25) is 11.8 Å². The Morgan fingerprint density at radius 1 is 1.07 bits per heavy atom. The monoisotopic (exact) mass is 386 g/mol. The number of amides is 2. The van der Waals surface area contributed by atoms with Crippen LogP contribution in [0.2, 0.25) is 0 Å². The van der Waals surface area contributed by atoms with Crippen LogP contribution in [0.1, 0.15) is 17.5 Å². The summed E-state index contributed by atoms with van der Waals surface area (Å²) in [5.74, 6) is -0.332. The zero-order valence-electron chi connectivity index (χ0n) is 15.4. The average Bonchev–Trinajstić information content (AvgIpc) is 2.86. The minimum Gasteiger partial charge on any atom is -0.340 e. The van der Waals surface area contributed by atoms with Crippen LogP contribution in [-0.4, -0.2) is 47.5 Å². The molecule has 1 aliphatic heterocycles. The van der Waals surface area contributed by atoms with Crippen molar-refractivity contribution in [3.63, 3.8) is 0 Å². The summed E-state index contributed by atoms with van der Waals surface area (Å²) in [5.41, 5.74) is 1.47. The molecule has 3 rings (SSSR count). The molecule has 1 saturated heterocycles. The summed E-state index contributed by atoms with van der Waals surface area (Å²) >= 11 is 1.66. The zero-order valence-corrected chi connectivity index (χ0v) is 16.2. The van der Waals surface area contributed by atoms with Gasteiger partial charge in [0.15, 0.2) is 0 Å². The molecule has 0 unspecified atom stereocenters. The Kier molecular flexibility index (Phi) is 6.50. The second-order valence-corrected chi connectivity index (χ2v) is 7.44. The van der Waals surface area contributed by atoms with Gasteiger partial charge in [0.05, 0.1) is 6.42 Å². The smallest absolute Gasteiger partial charge is 0.227 e. The third kappa shape index (κ3) is 5.10. The molecule has 6 heteroatoms. The van der Waals surface area contributed by atoms with Crippen molar-refractivity contribution in [2.45, 2.75) is 24.3 Å². The van der Waals surface area contributed by atoms with Crippen LogP contribution >= 0.6 is 11.8 Å². The number of thioether (sulfide) groups is 1. The lowest BCUT2D eigenvalue weighted by molar-refractivity contribution is -0.130. The number of hydrogen-bond donors (Lipinski definition) is 0. The van der Waals surface area contributed by atoms with E-state index in [-0.39, 0.29) is 30.6 Å². The van der Waals surface area contributed by atoms with Crippen LogP contribution in [0.4, 0.5) is 4.39 Å². The van der Waals surface area contributed by atoms with Crippen molar-refractivity contribution < 1.29 is 14.0 Å². The molecule has 0 atom stereocenters. The minimum absolute atomic E-state index is 0.0208. The molecule has 0 aliphatic carbocycles. The third-order valence-corrected chi connectivity index (χ3v) is 5.52. The van der Waals surface area contributed by atoms with Gasteiger partial charge in [0.25, 0.3) is 0 Å². The Bertz CT molecular complexity index is 810. The molecule has 142 valence electrons. The van der Waals surface area contributed by atoms with Crippen molar-refractivity contribution in [3.8, 4) is 0 Å². The van der Waals surface area contributed by atoms with Gasteiger partial charge >= 0.3 is 0 Å². The molecule has 0 N–H and O–H groups in total. The Balaban J connectivity index is 1.60. The van der Waals surface area contributed by atoms with Crippen molar-refractivity contribution in [2.75, 3.05) is 25.9 Å². The highest BCUT2D eigenvalue weighted by atomic mass is 32.2. The van der Waals surface area contributed by atoms with E-state index in [1.165, 1.54) is 6.07 Å². The van der Waals surface area contributed by atoms with Crippen LogP contribution in [-0.2, 0) is 22.6 Å². The van der Waals surface area contributed by atoms with E-state index in [9.17, 15) is 14.0 Å². The van der Waals surface area contributed by atoms with Gasteiger partial charge in [0.1, 0.15) is 5.82 Å². The lowest BCUT2D eigenvalue weighted by atomic mass is 10.1. The number of nitrogens with zero attached hydrogens (tertiary/aromatic N) is 2. The van der Waals surface area contributed by atoms with Crippen LogP contribution in [0, 0.1) is 5.82 Å². The Labute approximate surface area is 163 Å². The first-order chi connectivity index (χ1) is 13.1. The fourth-order valence-electron chi connectivity index (χ4n) is 3.15. The first-order valence-electron chi connectivity index (χ1n) is 8.98. The molecular weight excluding hydrogens is 363 g/mol. The summed E-state index contributed by atoms with van der Waals surface area (Å²) in [4.78, 5) is 29.6. The molecule has 0 saturated carbocycles. The van der Waals surface area contributed by atoms with E-state index in [0.29, 0.717) is 31.6 Å². The predicted octanol–water partition coefficient (Wildman–Crippen LogP) is 3.35. The molecule has 2 aromatic carbocycles. The van der Waals surface area contributed by atoms with E-state index in [0.717, 1.165) is 10.5 Å². The van der Waals surface area contributed by atoms with E-state index >= 15 is 0 Å². The molecule has 2 amide bonds. The summed E-state index contributed by atoms with van der Waals surface area (Å²) in [5, 5.41) is 0. The van der Waals surface area contributed by atoms with Gasteiger partial charge in [0, 0.05) is 43.1 Å². The van der Waals surface area contributed by atoms with Crippen molar-refractivity contribution in [1.29, 1.82) is 0 Å². The number of carbonyl (C=O) groups excluding carboxylic acids is 2. The lowest BCUT2D eigenvalue weighted by Gasteiger charge is -2.22. The maximum absolute atomic E-state index is 13.9. The van der Waals surface area contributed by atoms with Crippen molar-refractivity contribution in [2.24, 2.45) is 0 Å². The molecule has 0 spiro atoms. The third-order valence-electron chi connectivity index (χ3n) is 4.77. The minimum atomic E-state index is -0.309. The number of benzene rings is 2. The summed E-state index contributed by atoms with van der Waals surface area (Å²) < 4.78 is 13.9. The van der Waals surface area contributed by atoms with Gasteiger partial charge < -0.3 is 9.80 Å². The quantitative estimate of drug-likeness (QED) is 0.740. The molecule has 0 aromatic heterocycles. The molecule has 1 heterocycles. The van der Waals surface area contributed by atoms with Crippen LogP contribution in [0.5, 0.6) is 0 Å². The zero-order chi connectivity index (χ0) is 19.2. The van der Waals surface area contributed by atoms with E-state index < -0.39 is 0 Å². The van der Waals surface area contributed by atoms with Crippen LogP contribution in [0.15, 0.2) is 53.4 Å². The van der Waals surface area contributed by atoms with Gasteiger partial charge in [-0.1, -0.05) is 30.3 Å². The second kappa shape index (κ2) is 9.04. The van der Waals surface area contributed by atoms with Gasteiger partial charge in [-0.05, 0) is 30.0 Å². The van der Waals surface area contributed by atoms with Gasteiger partial charge in [-0.3, -0.25) is 9.59 Å². The number of hydrogen-bond acceptors (Lipinski definition) is 3. The standard InChI is InChI=1S/C21H23FN2O2S/c1-27-18-8-6-16(7-9-18)14-21(26)23-11-10-20(25)24(13-12-23)15-17-4-2-3-5-19(17)22/h2-9H,10-15H2,1H3. The normalized spacial score (nSPS) is 15.0. The summed E-state index contributed by atoms with van der Waals surface area (Å²) in [7, 11) is 0. The lowest BCUT2D eigenvalue weighted by Crippen LogP contribution is -2.36. The highest BCUT2D eigenvalue weighted by Gasteiger charge is 2.24. The number of halogens is 1. The van der Waals surface area contributed by atoms with E-state index in [4.69, 9.17) is 0 Å². The van der Waals surface area contributed by atoms with Crippen LogP contribution in [0.3, 0.4) is 0 Å². The molecule has 27 heavy (non-hydrogen) atoms. The van der Waals surface area contributed by atoms with Gasteiger partial charge in [-0.2, -0.15) is 0 Å². The van der Waals surface area contributed by atoms with Crippen molar-refractivity contribution in [1.82, 2.24) is 9.80 Å². The SMILES string of the molecule is CSc1ccc(CC(=O)N2CCC(=O)N(Cc3ccccc3F)CC2)cc1. The molecule has 0 bridgehead atoms. The van der Waals surface area contributed by atoms with Crippen molar-refractivity contribution >= 4 is 23.6 Å². The molecule has 1 aliphatic rings. The maximum atomic E-state index is 13.9. The van der Waals surface area contributed by atoms with Crippen molar-refractivity contribution in [3.05, 3.63) is 65.5 Å². The first-order valence-corrected chi connectivity index (χ1v) is 10.2. The number of carbonyl (C=O) groups is 2. The summed E-state index contributed by atoms with van der Waals surface area (Å²) in [6.07, 6.45) is 2.61. The van der Waals surface area contributed by atoms with E-state index in [1.54, 1.807) is 39.8 Å². The Hall–Kier alpha value is -2.34. The summed E-state index contributed by atoms with van der Waals surface area (Å²) in [6.45, 7) is 1.55. The number of rotatable bonds is 5. The fourth-order valence-corrected chi connectivity index (χ4v) is 3.55. The highest BCUT2D eigenvalue weighted by Crippen LogP contribution is 2.17. The molecular formula is C21H23FN2O2S. The first kappa shape index (κ1) is 19.4. The average molecular weight is 386 g/mol. The van der Waals surface area contributed by atoms with E-state index in [1.807, 2.05) is 30.5 Å². The van der Waals surface area contributed by atoms with Crippen LogP contribution in [0.25, 0.3) is 0 Å². The highest BCUT2D eigenvalue weighted by molar-refractivity contribution is 7.98. The topological polar surface area (TPSA) is 40.6 Å². The Morgan fingerprint density at radius 3 is 2.52 bits per heavy atom. The Morgan fingerprint density at radius 2 is 1.81 bits per heavy atom. The van der Waals surface area contributed by atoms with Gasteiger partial charge in [-0.15, -0.1) is 11.8 Å². The molecule has 1 fully saturated rings. The second-order valence-electron chi connectivity index (χ2n) is 6.56. The largest absolute Gasteiger partial charge is 0.340 e. The van der Waals surface area contributed by atoms with Crippen LogP contribution < -0.4 is 0 Å². The van der Waals surface area contributed by atoms with Gasteiger partial charge in [-0.25, -0.2) is 4.39 Å². The molecule has 4 nitrogen and oxygen atoms in total.